The molecule has 2 heterocycles. The van der Waals surface area contributed by atoms with Gasteiger partial charge in [-0.25, -0.2) is 4.98 Å². The Morgan fingerprint density at radius 2 is 1.76 bits per heavy atom. The summed E-state index contributed by atoms with van der Waals surface area (Å²) in [7, 11) is 0. The third kappa shape index (κ3) is 1.88. The van der Waals surface area contributed by atoms with Crippen LogP contribution in [0.3, 0.4) is 0 Å². The minimum Gasteiger partial charge on any atom is -0.453 e. The molecule has 0 aliphatic carbocycles. The zero-order chi connectivity index (χ0) is 14.6. The van der Waals surface area contributed by atoms with Crippen LogP contribution in [0.5, 0.6) is 0 Å². The lowest BCUT2D eigenvalue weighted by Crippen LogP contribution is -1.79. The molecule has 4 aromatic rings. The largest absolute Gasteiger partial charge is 0.453 e. The van der Waals surface area contributed by atoms with Crippen molar-refractivity contribution in [1.82, 2.24) is 4.98 Å². The third-order valence-corrected chi connectivity index (χ3v) is 5.10. The first-order valence-corrected chi connectivity index (χ1v) is 7.81. The average Bonchev–Trinajstić information content (AvgIpc) is 3.08. The van der Waals surface area contributed by atoms with Crippen LogP contribution in [0, 0.1) is 20.8 Å². The highest BCUT2D eigenvalue weighted by molar-refractivity contribution is 7.21. The second-order valence-corrected chi connectivity index (χ2v) is 6.50. The van der Waals surface area contributed by atoms with Crippen molar-refractivity contribution in [2.24, 2.45) is 0 Å². The standard InChI is InChI=1S/C18H15NOS/c1-10-7-8-12(3)17-15(10)19-18(21-17)14-9-13-6-4-5-11(2)16(13)20-14/h4-9H,1-3H3. The Bertz CT molecular complexity index is 939. The summed E-state index contributed by atoms with van der Waals surface area (Å²) in [6, 6.07) is 12.6. The smallest absolute Gasteiger partial charge is 0.164 e. The Labute approximate surface area is 127 Å². The number of aromatic nitrogens is 1. The highest BCUT2D eigenvalue weighted by Gasteiger charge is 2.14. The first-order chi connectivity index (χ1) is 10.1. The van der Waals surface area contributed by atoms with Gasteiger partial charge in [-0.05, 0) is 43.5 Å². The fraction of sp³-hybridized carbons (Fsp3) is 0.167. The number of hydrogen-bond donors (Lipinski definition) is 0. The molecule has 0 aliphatic heterocycles. The van der Waals surface area contributed by atoms with E-state index in [1.165, 1.54) is 15.8 Å². The molecule has 0 radical (unpaired) electrons. The van der Waals surface area contributed by atoms with Crippen LogP contribution >= 0.6 is 11.3 Å². The Hall–Kier alpha value is -2.13. The van der Waals surface area contributed by atoms with E-state index in [-0.39, 0.29) is 0 Å². The Morgan fingerprint density at radius 3 is 2.52 bits per heavy atom. The predicted octanol–water partition coefficient (Wildman–Crippen LogP) is 5.63. The van der Waals surface area contributed by atoms with Crippen LogP contribution in [0.2, 0.25) is 0 Å². The normalized spacial score (nSPS) is 11.6. The van der Waals surface area contributed by atoms with Gasteiger partial charge in [0.1, 0.15) is 5.58 Å². The molecule has 0 amide bonds. The Kier molecular flexibility index (Phi) is 2.66. The van der Waals surface area contributed by atoms with Gasteiger partial charge >= 0.3 is 0 Å². The molecule has 104 valence electrons. The van der Waals surface area contributed by atoms with Crippen LogP contribution in [0.15, 0.2) is 40.8 Å². The van der Waals surface area contributed by atoms with Crippen molar-refractivity contribution in [1.29, 1.82) is 0 Å². The van der Waals surface area contributed by atoms with Crippen LogP contribution in [0.4, 0.5) is 0 Å². The van der Waals surface area contributed by atoms with Crippen LogP contribution in [-0.2, 0) is 0 Å². The van der Waals surface area contributed by atoms with Gasteiger partial charge in [0, 0.05) is 5.39 Å². The summed E-state index contributed by atoms with van der Waals surface area (Å²) >= 11 is 1.71. The van der Waals surface area contributed by atoms with Crippen molar-refractivity contribution < 1.29 is 4.42 Å². The number of thiazole rings is 1. The summed E-state index contributed by atoms with van der Waals surface area (Å²) in [6.07, 6.45) is 0. The molecule has 0 unspecified atom stereocenters. The van der Waals surface area contributed by atoms with Crippen LogP contribution in [0.1, 0.15) is 16.7 Å². The summed E-state index contributed by atoms with van der Waals surface area (Å²) in [5, 5.41) is 2.09. The molecular formula is C18H15NOS. The lowest BCUT2D eigenvalue weighted by atomic mass is 10.1. The van der Waals surface area contributed by atoms with E-state index in [1.54, 1.807) is 11.3 Å². The molecule has 3 heteroatoms. The SMILES string of the molecule is Cc1ccc(C)c2sc(-c3cc4cccc(C)c4o3)nc12. The second kappa shape index (κ2) is 4.43. The van der Waals surface area contributed by atoms with Crippen molar-refractivity contribution in [3.63, 3.8) is 0 Å². The molecule has 0 N–H and O–H groups in total. The van der Waals surface area contributed by atoms with E-state index >= 15 is 0 Å². The quantitative estimate of drug-likeness (QED) is 0.454. The lowest BCUT2D eigenvalue weighted by molar-refractivity contribution is 0.628. The Morgan fingerprint density at radius 1 is 0.952 bits per heavy atom. The maximum Gasteiger partial charge on any atom is 0.164 e. The molecule has 0 bridgehead atoms. The highest BCUT2D eigenvalue weighted by atomic mass is 32.1. The molecule has 0 aliphatic rings. The third-order valence-electron chi connectivity index (χ3n) is 3.89. The van der Waals surface area contributed by atoms with E-state index in [9.17, 15) is 0 Å². The van der Waals surface area contributed by atoms with Gasteiger partial charge in [0.25, 0.3) is 0 Å². The maximum absolute atomic E-state index is 6.04. The molecule has 2 aromatic carbocycles. The molecule has 0 spiro atoms. The second-order valence-electron chi connectivity index (χ2n) is 5.50. The van der Waals surface area contributed by atoms with Gasteiger partial charge in [0.05, 0.1) is 10.2 Å². The van der Waals surface area contributed by atoms with Gasteiger partial charge in [-0.1, -0.05) is 30.3 Å². The molecular weight excluding hydrogens is 278 g/mol. The molecule has 4 rings (SSSR count). The number of benzene rings is 2. The van der Waals surface area contributed by atoms with Crippen molar-refractivity contribution >= 4 is 32.5 Å². The van der Waals surface area contributed by atoms with E-state index in [0.717, 1.165) is 32.8 Å². The fourth-order valence-electron chi connectivity index (χ4n) is 2.68. The fourth-order valence-corrected chi connectivity index (χ4v) is 3.74. The summed E-state index contributed by atoms with van der Waals surface area (Å²) in [6.45, 7) is 6.31. The summed E-state index contributed by atoms with van der Waals surface area (Å²) in [4.78, 5) is 4.79. The Balaban J connectivity index is 1.98. The number of para-hydroxylation sites is 1. The van der Waals surface area contributed by atoms with E-state index in [1.807, 2.05) is 0 Å². The minimum atomic E-state index is 0.860. The van der Waals surface area contributed by atoms with E-state index < -0.39 is 0 Å². The average molecular weight is 293 g/mol. The number of furan rings is 1. The topological polar surface area (TPSA) is 26.0 Å². The number of rotatable bonds is 1. The molecule has 0 saturated heterocycles. The molecule has 0 fully saturated rings. The van der Waals surface area contributed by atoms with Crippen LogP contribution in [0.25, 0.3) is 32.0 Å². The molecule has 2 aromatic heterocycles. The van der Waals surface area contributed by atoms with Crippen molar-refractivity contribution in [2.45, 2.75) is 20.8 Å². The molecule has 0 atom stereocenters. The number of fused-ring (bicyclic) bond motifs is 2. The van der Waals surface area contributed by atoms with Crippen molar-refractivity contribution in [3.8, 4) is 10.8 Å². The first-order valence-electron chi connectivity index (χ1n) is 7.00. The van der Waals surface area contributed by atoms with Gasteiger partial charge in [0.2, 0.25) is 0 Å². The van der Waals surface area contributed by atoms with E-state index in [2.05, 4.69) is 57.2 Å². The number of hydrogen-bond acceptors (Lipinski definition) is 3. The van der Waals surface area contributed by atoms with Gasteiger partial charge < -0.3 is 4.42 Å². The maximum atomic E-state index is 6.04. The van der Waals surface area contributed by atoms with Crippen molar-refractivity contribution in [3.05, 3.63) is 53.1 Å². The summed E-state index contributed by atoms with van der Waals surface area (Å²) in [5.41, 5.74) is 5.69. The lowest BCUT2D eigenvalue weighted by Gasteiger charge is -1.96. The molecule has 21 heavy (non-hydrogen) atoms. The molecule has 2 nitrogen and oxygen atoms in total. The number of nitrogens with zero attached hydrogens (tertiary/aromatic N) is 1. The van der Waals surface area contributed by atoms with Gasteiger partial charge in [-0.2, -0.15) is 0 Å². The van der Waals surface area contributed by atoms with E-state index in [0.29, 0.717) is 0 Å². The van der Waals surface area contributed by atoms with Gasteiger partial charge in [-0.3, -0.25) is 0 Å². The monoisotopic (exact) mass is 293 g/mol. The summed E-state index contributed by atoms with van der Waals surface area (Å²) in [5.74, 6) is 0.860. The van der Waals surface area contributed by atoms with E-state index in [4.69, 9.17) is 9.40 Å². The van der Waals surface area contributed by atoms with Gasteiger partial charge in [-0.15, -0.1) is 11.3 Å². The van der Waals surface area contributed by atoms with Gasteiger partial charge in [0.15, 0.2) is 10.8 Å². The molecule has 0 saturated carbocycles. The van der Waals surface area contributed by atoms with Crippen LogP contribution in [-0.4, -0.2) is 4.98 Å². The van der Waals surface area contributed by atoms with Crippen molar-refractivity contribution in [2.75, 3.05) is 0 Å². The van der Waals surface area contributed by atoms with Crippen LogP contribution < -0.4 is 0 Å². The highest BCUT2D eigenvalue weighted by Crippen LogP contribution is 2.36. The zero-order valence-electron chi connectivity index (χ0n) is 12.2. The minimum absolute atomic E-state index is 0.860. The predicted molar refractivity (Wildman–Crippen MR) is 89.0 cm³/mol. The number of aryl methyl sites for hydroxylation is 3. The summed E-state index contributed by atoms with van der Waals surface area (Å²) < 4.78 is 7.29. The first kappa shape index (κ1) is 12.6. The zero-order valence-corrected chi connectivity index (χ0v) is 13.0.